The Hall–Kier alpha value is -0.170. The van der Waals surface area contributed by atoms with E-state index in [1.165, 1.54) is 4.31 Å². The second kappa shape index (κ2) is 5.22. The molecule has 2 aliphatic rings. The fourth-order valence-electron chi connectivity index (χ4n) is 2.66. The first-order valence-electron chi connectivity index (χ1n) is 6.40. The van der Waals surface area contributed by atoms with Gasteiger partial charge in [-0.3, -0.25) is 0 Å². The van der Waals surface area contributed by atoms with E-state index >= 15 is 0 Å². The third kappa shape index (κ3) is 3.40. The number of ether oxygens (including phenoxy) is 1. The second-order valence-corrected chi connectivity index (χ2v) is 6.88. The Morgan fingerprint density at radius 1 is 1.12 bits per heavy atom. The molecule has 0 aromatic carbocycles. The number of hydrogen-bond donors (Lipinski definition) is 1. The van der Waals surface area contributed by atoms with E-state index < -0.39 is 10.2 Å². The van der Waals surface area contributed by atoms with Crippen LogP contribution >= 0.6 is 0 Å². The van der Waals surface area contributed by atoms with Crippen LogP contribution in [0.2, 0.25) is 0 Å². The van der Waals surface area contributed by atoms with Crippen molar-refractivity contribution in [1.29, 1.82) is 0 Å². The van der Waals surface area contributed by atoms with Crippen LogP contribution in [-0.2, 0) is 14.9 Å². The highest BCUT2D eigenvalue weighted by Gasteiger charge is 2.32. The Morgan fingerprint density at radius 2 is 1.65 bits per heavy atom. The second-order valence-electron chi connectivity index (χ2n) is 5.18. The van der Waals surface area contributed by atoms with Gasteiger partial charge in [-0.2, -0.15) is 17.4 Å². The number of hydrogen-bond acceptors (Lipinski definition) is 3. The van der Waals surface area contributed by atoms with Crippen LogP contribution in [0.3, 0.4) is 0 Å². The topological polar surface area (TPSA) is 58.6 Å². The van der Waals surface area contributed by atoms with Gasteiger partial charge < -0.3 is 4.74 Å². The highest BCUT2D eigenvalue weighted by Crippen LogP contribution is 2.20. The maximum atomic E-state index is 12.2. The van der Waals surface area contributed by atoms with Crippen LogP contribution in [0.1, 0.15) is 39.5 Å². The molecule has 0 amide bonds. The first kappa shape index (κ1) is 13.3. The highest BCUT2D eigenvalue weighted by atomic mass is 32.2. The smallest absolute Gasteiger partial charge is 0.279 e. The molecule has 17 heavy (non-hydrogen) atoms. The van der Waals surface area contributed by atoms with Crippen LogP contribution in [0.25, 0.3) is 0 Å². The standard InChI is InChI=1S/C11H22N2O3S/c1-9-7-13(8-10(2)16-9)17(14,15)12-11-5-3-4-6-11/h9-12H,3-8H2,1-2H3. The van der Waals surface area contributed by atoms with Crippen LogP contribution in [0.4, 0.5) is 0 Å². The molecule has 0 aromatic heterocycles. The number of nitrogens with one attached hydrogen (secondary N) is 1. The monoisotopic (exact) mass is 262 g/mol. The molecular formula is C11H22N2O3S. The van der Waals surface area contributed by atoms with Gasteiger partial charge in [0.2, 0.25) is 0 Å². The van der Waals surface area contributed by atoms with Crippen LogP contribution in [-0.4, -0.2) is 44.1 Å². The molecule has 1 saturated carbocycles. The quantitative estimate of drug-likeness (QED) is 0.821. The average molecular weight is 262 g/mol. The van der Waals surface area contributed by atoms with Crippen molar-refractivity contribution in [3.05, 3.63) is 0 Å². The lowest BCUT2D eigenvalue weighted by Gasteiger charge is -2.35. The molecule has 0 bridgehead atoms. The van der Waals surface area contributed by atoms with Gasteiger partial charge in [-0.25, -0.2) is 0 Å². The minimum absolute atomic E-state index is 0.0288. The minimum atomic E-state index is -3.33. The predicted molar refractivity (Wildman–Crippen MR) is 65.9 cm³/mol. The zero-order valence-corrected chi connectivity index (χ0v) is 11.4. The van der Waals surface area contributed by atoms with Crippen molar-refractivity contribution in [2.45, 2.75) is 57.8 Å². The molecule has 1 aliphatic heterocycles. The van der Waals surface area contributed by atoms with Crippen molar-refractivity contribution in [3.63, 3.8) is 0 Å². The van der Waals surface area contributed by atoms with Gasteiger partial charge in [0.25, 0.3) is 10.2 Å². The van der Waals surface area contributed by atoms with Crippen molar-refractivity contribution in [3.8, 4) is 0 Å². The van der Waals surface area contributed by atoms with E-state index in [1.54, 1.807) is 0 Å². The summed E-state index contributed by atoms with van der Waals surface area (Å²) in [5, 5.41) is 0. The molecular weight excluding hydrogens is 240 g/mol. The van der Waals surface area contributed by atoms with Gasteiger partial charge in [-0.1, -0.05) is 12.8 Å². The summed E-state index contributed by atoms with van der Waals surface area (Å²) >= 11 is 0. The number of morpholine rings is 1. The van der Waals surface area contributed by atoms with Crippen molar-refractivity contribution >= 4 is 10.2 Å². The van der Waals surface area contributed by atoms with Crippen LogP contribution in [0.5, 0.6) is 0 Å². The maximum absolute atomic E-state index is 12.2. The summed E-state index contributed by atoms with van der Waals surface area (Å²) in [5.41, 5.74) is 0. The van der Waals surface area contributed by atoms with Crippen LogP contribution in [0.15, 0.2) is 0 Å². The van der Waals surface area contributed by atoms with E-state index in [4.69, 9.17) is 4.74 Å². The Morgan fingerprint density at radius 3 is 2.18 bits per heavy atom. The Labute approximate surface area is 104 Å². The molecule has 2 fully saturated rings. The van der Waals surface area contributed by atoms with Crippen LogP contribution in [0, 0.1) is 0 Å². The lowest BCUT2D eigenvalue weighted by Crippen LogP contribution is -2.53. The highest BCUT2D eigenvalue weighted by molar-refractivity contribution is 7.87. The van der Waals surface area contributed by atoms with E-state index in [9.17, 15) is 8.42 Å². The molecule has 5 nitrogen and oxygen atoms in total. The molecule has 2 rings (SSSR count). The van der Waals surface area contributed by atoms with Gasteiger partial charge >= 0.3 is 0 Å². The summed E-state index contributed by atoms with van der Waals surface area (Å²) in [4.78, 5) is 0. The fraction of sp³-hybridized carbons (Fsp3) is 1.00. The maximum Gasteiger partial charge on any atom is 0.279 e. The van der Waals surface area contributed by atoms with E-state index in [1.807, 2.05) is 13.8 Å². The fourth-order valence-corrected chi connectivity index (χ4v) is 4.27. The SMILES string of the molecule is CC1CN(S(=O)(=O)NC2CCCC2)CC(C)O1. The Kier molecular flexibility index (Phi) is 4.07. The number of nitrogens with zero attached hydrogens (tertiary/aromatic N) is 1. The first-order chi connectivity index (χ1) is 7.97. The van der Waals surface area contributed by atoms with Gasteiger partial charge in [0.1, 0.15) is 0 Å². The van der Waals surface area contributed by atoms with Gasteiger partial charge in [0.15, 0.2) is 0 Å². The predicted octanol–water partition coefficient (Wildman–Crippen LogP) is 0.873. The molecule has 2 atom stereocenters. The van der Waals surface area contributed by atoms with Gasteiger partial charge in [-0.05, 0) is 26.7 Å². The molecule has 6 heteroatoms. The summed E-state index contributed by atoms with van der Waals surface area (Å²) < 4.78 is 34.3. The minimum Gasteiger partial charge on any atom is -0.373 e. The molecule has 0 spiro atoms. The Bertz CT molecular complexity index is 342. The van der Waals surface area contributed by atoms with Crippen molar-refractivity contribution in [2.75, 3.05) is 13.1 Å². The summed E-state index contributed by atoms with van der Waals surface area (Å²) in [5.74, 6) is 0. The summed E-state index contributed by atoms with van der Waals surface area (Å²) in [6, 6.07) is 0.133. The van der Waals surface area contributed by atoms with Gasteiger partial charge in [0.05, 0.1) is 12.2 Å². The van der Waals surface area contributed by atoms with Gasteiger partial charge in [-0.15, -0.1) is 0 Å². The summed E-state index contributed by atoms with van der Waals surface area (Å²) in [7, 11) is -3.33. The van der Waals surface area contributed by atoms with Crippen molar-refractivity contribution < 1.29 is 13.2 Å². The largest absolute Gasteiger partial charge is 0.373 e. The molecule has 0 radical (unpaired) electrons. The van der Waals surface area contributed by atoms with Gasteiger partial charge in [0, 0.05) is 19.1 Å². The lowest BCUT2D eigenvalue weighted by molar-refractivity contribution is -0.0444. The molecule has 1 aliphatic carbocycles. The third-order valence-electron chi connectivity index (χ3n) is 3.40. The molecule has 1 heterocycles. The summed E-state index contributed by atoms with van der Waals surface area (Å²) in [6.45, 7) is 4.72. The van der Waals surface area contributed by atoms with Crippen molar-refractivity contribution in [1.82, 2.24) is 9.03 Å². The first-order valence-corrected chi connectivity index (χ1v) is 7.84. The lowest BCUT2D eigenvalue weighted by atomic mass is 10.3. The van der Waals surface area contributed by atoms with Crippen molar-refractivity contribution in [2.24, 2.45) is 0 Å². The van der Waals surface area contributed by atoms with Crippen LogP contribution < -0.4 is 4.72 Å². The molecule has 1 saturated heterocycles. The summed E-state index contributed by atoms with van der Waals surface area (Å²) in [6.07, 6.45) is 4.13. The van der Waals surface area contributed by atoms with E-state index in [0.717, 1.165) is 25.7 Å². The Balaban J connectivity index is 1.98. The molecule has 1 N–H and O–H groups in total. The average Bonchev–Trinajstić information content (AvgIpc) is 2.68. The molecule has 0 aromatic rings. The van der Waals surface area contributed by atoms with E-state index in [-0.39, 0.29) is 18.2 Å². The number of rotatable bonds is 3. The zero-order valence-electron chi connectivity index (χ0n) is 10.6. The zero-order chi connectivity index (χ0) is 12.5. The normalized spacial score (nSPS) is 33.1. The molecule has 2 unspecified atom stereocenters. The van der Waals surface area contributed by atoms with E-state index in [2.05, 4.69) is 4.72 Å². The van der Waals surface area contributed by atoms with E-state index in [0.29, 0.717) is 13.1 Å². The third-order valence-corrected chi connectivity index (χ3v) is 5.01. The molecule has 100 valence electrons.